The highest BCUT2D eigenvalue weighted by atomic mass is 32.1. The average Bonchev–Trinajstić information content (AvgIpc) is 3.39. The molecular weight excluding hydrogens is 396 g/mol. The number of aromatic nitrogens is 3. The Kier molecular flexibility index (Phi) is 4.82. The maximum Gasteiger partial charge on any atom is 0.326 e. The van der Waals surface area contributed by atoms with Crippen LogP contribution in [0, 0.1) is 0 Å². The lowest BCUT2D eigenvalue weighted by Crippen LogP contribution is -2.29. The summed E-state index contributed by atoms with van der Waals surface area (Å²) in [6.07, 6.45) is 4.14. The quantitative estimate of drug-likeness (QED) is 0.360. The van der Waals surface area contributed by atoms with E-state index in [1.54, 1.807) is 42.0 Å². The molecule has 1 saturated heterocycles. The number of nitrogens with one attached hydrogen (secondary N) is 3. The zero-order chi connectivity index (χ0) is 20.5. The van der Waals surface area contributed by atoms with E-state index < -0.39 is 18.0 Å². The fourth-order valence-electron chi connectivity index (χ4n) is 2.69. The number of amides is 4. The lowest BCUT2D eigenvalue weighted by Gasteiger charge is -2.05. The first kappa shape index (κ1) is 18.8. The largest absolute Gasteiger partial charge is 0.392 e. The first-order valence-corrected chi connectivity index (χ1v) is 9.47. The van der Waals surface area contributed by atoms with Crippen LogP contribution in [0.25, 0.3) is 22.3 Å². The van der Waals surface area contributed by atoms with Gasteiger partial charge in [-0.05, 0) is 31.2 Å². The minimum Gasteiger partial charge on any atom is -0.392 e. The molecule has 0 saturated carbocycles. The summed E-state index contributed by atoms with van der Waals surface area (Å²) >= 11 is 1.27. The summed E-state index contributed by atoms with van der Waals surface area (Å²) in [7, 11) is 0. The van der Waals surface area contributed by atoms with E-state index in [2.05, 4.69) is 26.0 Å². The number of rotatable bonds is 5. The molecule has 0 radical (unpaired) electrons. The van der Waals surface area contributed by atoms with Crippen LogP contribution in [0.3, 0.4) is 0 Å². The normalized spacial score (nSPS) is 16.1. The third-order valence-electron chi connectivity index (χ3n) is 4.06. The van der Waals surface area contributed by atoms with E-state index >= 15 is 0 Å². The van der Waals surface area contributed by atoms with E-state index in [4.69, 9.17) is 0 Å². The molecule has 11 heteroatoms. The highest BCUT2D eigenvalue weighted by Gasteiger charge is 2.23. The number of hydrogen-bond donors (Lipinski definition) is 4. The lowest BCUT2D eigenvalue weighted by atomic mass is 10.2. The predicted molar refractivity (Wildman–Crippen MR) is 105 cm³/mol. The van der Waals surface area contributed by atoms with Gasteiger partial charge in [0.15, 0.2) is 5.65 Å². The summed E-state index contributed by atoms with van der Waals surface area (Å²) in [6.45, 7) is 1.77. The van der Waals surface area contributed by atoms with Gasteiger partial charge in [-0.2, -0.15) is 5.10 Å². The molecule has 0 aromatic carbocycles. The van der Waals surface area contributed by atoms with Crippen molar-refractivity contribution < 1.29 is 19.5 Å². The molecule has 1 fully saturated rings. The third kappa shape index (κ3) is 3.86. The van der Waals surface area contributed by atoms with E-state index in [0.29, 0.717) is 21.8 Å². The maximum absolute atomic E-state index is 12.1. The predicted octanol–water partition coefficient (Wildman–Crippen LogP) is 0.749. The Morgan fingerprint density at radius 1 is 1.34 bits per heavy atom. The van der Waals surface area contributed by atoms with E-state index in [9.17, 15) is 19.5 Å². The molecule has 0 bridgehead atoms. The number of carbonyl (C=O) groups is 3. The second-order valence-electron chi connectivity index (χ2n) is 6.37. The Labute approximate surface area is 168 Å². The van der Waals surface area contributed by atoms with Gasteiger partial charge >= 0.3 is 6.03 Å². The number of urea groups is 1. The summed E-state index contributed by atoms with van der Waals surface area (Å²) < 4.78 is 1.55. The molecule has 1 atom stereocenters. The molecule has 0 aliphatic carbocycles. The number of nitrogens with zero attached hydrogens (tertiary/aromatic N) is 3. The Hall–Kier alpha value is -3.57. The van der Waals surface area contributed by atoms with E-state index in [0.717, 1.165) is 4.88 Å². The molecule has 3 aromatic rings. The van der Waals surface area contributed by atoms with Gasteiger partial charge in [0.1, 0.15) is 5.70 Å². The Bertz CT molecular complexity index is 1160. The molecule has 1 unspecified atom stereocenters. The average molecular weight is 412 g/mol. The van der Waals surface area contributed by atoms with Crippen LogP contribution in [0.15, 0.2) is 36.3 Å². The maximum atomic E-state index is 12.1. The third-order valence-corrected chi connectivity index (χ3v) is 5.16. The SMILES string of the molecule is CC(O)CNC(=O)c1ccc(-c2ccn3ncc(/C=C4/NC(=O)NC4=O)c3n2)s1. The van der Waals surface area contributed by atoms with E-state index in [-0.39, 0.29) is 18.1 Å². The molecule has 1 aliphatic heterocycles. The second kappa shape index (κ2) is 7.45. The van der Waals surface area contributed by atoms with Crippen molar-refractivity contribution in [1.29, 1.82) is 0 Å². The smallest absolute Gasteiger partial charge is 0.326 e. The topological polar surface area (TPSA) is 138 Å². The zero-order valence-electron chi connectivity index (χ0n) is 15.2. The molecule has 0 spiro atoms. The van der Waals surface area contributed by atoms with Crippen LogP contribution < -0.4 is 16.0 Å². The minimum absolute atomic E-state index is 0.116. The minimum atomic E-state index is -0.622. The van der Waals surface area contributed by atoms with Crippen molar-refractivity contribution in [2.45, 2.75) is 13.0 Å². The molecule has 4 amide bonds. The van der Waals surface area contributed by atoms with Gasteiger partial charge in [-0.3, -0.25) is 14.9 Å². The molecule has 148 valence electrons. The molecule has 10 nitrogen and oxygen atoms in total. The standard InChI is InChI=1S/C18H16N6O4S/c1-9(25)7-19-17(27)14-3-2-13(29-14)11-4-5-24-15(21-11)10(8-20-24)6-12-16(26)23-18(28)22-12/h2-6,8-9,25H,7H2,1H3,(H,19,27)(H2,22,23,26,28)/b12-6+. The Balaban J connectivity index is 1.63. The van der Waals surface area contributed by atoms with Gasteiger partial charge in [-0.1, -0.05) is 0 Å². The van der Waals surface area contributed by atoms with E-state index in [1.807, 2.05) is 0 Å². The summed E-state index contributed by atoms with van der Waals surface area (Å²) in [5, 5.41) is 20.7. The Morgan fingerprint density at radius 3 is 2.90 bits per heavy atom. The Morgan fingerprint density at radius 2 is 2.17 bits per heavy atom. The van der Waals surface area contributed by atoms with Crippen molar-refractivity contribution in [2.75, 3.05) is 6.54 Å². The van der Waals surface area contributed by atoms with Crippen LogP contribution >= 0.6 is 11.3 Å². The highest BCUT2D eigenvalue weighted by Crippen LogP contribution is 2.27. The lowest BCUT2D eigenvalue weighted by molar-refractivity contribution is -0.115. The van der Waals surface area contributed by atoms with Gasteiger partial charge in [0.25, 0.3) is 11.8 Å². The first-order valence-electron chi connectivity index (χ1n) is 8.65. The number of imide groups is 1. The van der Waals surface area contributed by atoms with Gasteiger partial charge in [0, 0.05) is 18.3 Å². The van der Waals surface area contributed by atoms with Crippen LogP contribution in [0.2, 0.25) is 0 Å². The monoisotopic (exact) mass is 412 g/mol. The van der Waals surface area contributed by atoms with Crippen LogP contribution in [0.4, 0.5) is 4.79 Å². The number of aliphatic hydroxyl groups is 1. The first-order chi connectivity index (χ1) is 13.9. The van der Waals surface area contributed by atoms with E-state index in [1.165, 1.54) is 17.4 Å². The molecule has 29 heavy (non-hydrogen) atoms. The molecule has 4 heterocycles. The number of hydrogen-bond acceptors (Lipinski definition) is 7. The molecule has 3 aromatic heterocycles. The van der Waals surface area contributed by atoms with Crippen molar-refractivity contribution in [3.8, 4) is 10.6 Å². The highest BCUT2D eigenvalue weighted by molar-refractivity contribution is 7.17. The van der Waals surface area contributed by atoms with Gasteiger partial charge in [-0.15, -0.1) is 11.3 Å². The van der Waals surface area contributed by atoms with Crippen molar-refractivity contribution in [2.24, 2.45) is 0 Å². The summed E-state index contributed by atoms with van der Waals surface area (Å²) in [5.74, 6) is -0.780. The van der Waals surface area contributed by atoms with Crippen molar-refractivity contribution in [3.05, 3.63) is 46.7 Å². The molecule has 1 aliphatic rings. The van der Waals surface area contributed by atoms with Crippen molar-refractivity contribution in [1.82, 2.24) is 30.5 Å². The number of aliphatic hydroxyl groups excluding tert-OH is 1. The van der Waals surface area contributed by atoms with Crippen molar-refractivity contribution >= 4 is 40.9 Å². The van der Waals surface area contributed by atoms with Crippen LogP contribution in [-0.2, 0) is 4.79 Å². The van der Waals surface area contributed by atoms with Crippen LogP contribution in [-0.4, -0.2) is 50.2 Å². The van der Waals surface area contributed by atoms with Crippen LogP contribution in [0.5, 0.6) is 0 Å². The molecule has 4 N–H and O–H groups in total. The number of carbonyl (C=O) groups excluding carboxylic acids is 3. The number of fused-ring (bicyclic) bond motifs is 1. The summed E-state index contributed by atoms with van der Waals surface area (Å²) in [4.78, 5) is 41.0. The second-order valence-corrected chi connectivity index (χ2v) is 7.45. The van der Waals surface area contributed by atoms with Crippen LogP contribution in [0.1, 0.15) is 22.2 Å². The molecular formula is C18H16N6O4S. The number of thiophene rings is 1. The summed E-state index contributed by atoms with van der Waals surface area (Å²) in [5.41, 5.74) is 1.81. The zero-order valence-corrected chi connectivity index (χ0v) is 16.0. The van der Waals surface area contributed by atoms with Gasteiger partial charge in [0.2, 0.25) is 0 Å². The molecule has 4 rings (SSSR count). The fraction of sp³-hybridized carbons (Fsp3) is 0.167. The summed E-state index contributed by atoms with van der Waals surface area (Å²) in [6, 6.07) is 4.68. The van der Waals surface area contributed by atoms with Gasteiger partial charge in [0.05, 0.1) is 27.7 Å². The van der Waals surface area contributed by atoms with Gasteiger partial charge < -0.3 is 15.7 Å². The fourth-order valence-corrected chi connectivity index (χ4v) is 3.58. The van der Waals surface area contributed by atoms with Crippen molar-refractivity contribution in [3.63, 3.8) is 0 Å². The van der Waals surface area contributed by atoms with Gasteiger partial charge in [-0.25, -0.2) is 14.3 Å².